The second-order valence-corrected chi connectivity index (χ2v) is 8.53. The molecular formula is C26H23NO5. The highest BCUT2D eigenvalue weighted by molar-refractivity contribution is 6.34. The van der Waals surface area contributed by atoms with E-state index in [1.165, 1.54) is 6.07 Å². The van der Waals surface area contributed by atoms with Crippen LogP contribution < -0.4 is 14.4 Å². The van der Waals surface area contributed by atoms with Gasteiger partial charge in [0.2, 0.25) is 0 Å². The van der Waals surface area contributed by atoms with Crippen molar-refractivity contribution in [3.8, 4) is 11.5 Å². The lowest BCUT2D eigenvalue weighted by atomic mass is 9.87. The number of esters is 1. The van der Waals surface area contributed by atoms with Crippen LogP contribution in [0.15, 0.2) is 72.8 Å². The van der Waals surface area contributed by atoms with Gasteiger partial charge in [0.15, 0.2) is 6.61 Å². The fraction of sp³-hybridized carbons (Fsp3) is 0.192. The molecule has 4 rings (SSSR count). The molecular weight excluding hydrogens is 406 g/mol. The minimum absolute atomic E-state index is 0.0297. The number of carbonyl (C=O) groups excluding carboxylic acids is 3. The Balaban J connectivity index is 1.41. The normalized spacial score (nSPS) is 13.2. The van der Waals surface area contributed by atoms with E-state index in [2.05, 4.69) is 20.8 Å². The summed E-state index contributed by atoms with van der Waals surface area (Å²) in [5.74, 6) is -0.623. The van der Waals surface area contributed by atoms with Crippen molar-refractivity contribution in [2.24, 2.45) is 0 Å². The van der Waals surface area contributed by atoms with Gasteiger partial charge in [0, 0.05) is 6.07 Å². The third kappa shape index (κ3) is 4.25. The molecule has 0 N–H and O–H groups in total. The summed E-state index contributed by atoms with van der Waals surface area (Å²) in [4.78, 5) is 38.7. The molecule has 32 heavy (non-hydrogen) atoms. The van der Waals surface area contributed by atoms with Crippen LogP contribution in [0.4, 0.5) is 5.69 Å². The number of fused-ring (bicyclic) bond motifs is 1. The predicted molar refractivity (Wildman–Crippen MR) is 120 cm³/mol. The van der Waals surface area contributed by atoms with Crippen LogP contribution in [0.5, 0.6) is 11.5 Å². The molecule has 1 aliphatic rings. The highest BCUT2D eigenvalue weighted by atomic mass is 16.6. The largest absolute Gasteiger partial charge is 0.482 e. The summed E-state index contributed by atoms with van der Waals surface area (Å²) in [6.45, 7) is 6.09. The van der Waals surface area contributed by atoms with E-state index in [4.69, 9.17) is 9.47 Å². The van der Waals surface area contributed by atoms with E-state index in [-0.39, 0.29) is 17.8 Å². The van der Waals surface area contributed by atoms with Gasteiger partial charge in [-0.25, -0.2) is 9.69 Å². The summed E-state index contributed by atoms with van der Waals surface area (Å²) in [6, 6.07) is 20.5. The van der Waals surface area contributed by atoms with Crippen molar-refractivity contribution in [1.82, 2.24) is 0 Å². The molecule has 0 saturated carbocycles. The number of amides is 2. The van der Waals surface area contributed by atoms with Gasteiger partial charge in [-0.2, -0.15) is 0 Å². The van der Waals surface area contributed by atoms with Crippen molar-refractivity contribution in [3.63, 3.8) is 0 Å². The summed E-state index contributed by atoms with van der Waals surface area (Å²) in [5, 5.41) is 0. The van der Waals surface area contributed by atoms with E-state index in [0.29, 0.717) is 22.6 Å². The molecule has 3 aromatic rings. The first-order valence-corrected chi connectivity index (χ1v) is 10.3. The standard InChI is InChI=1S/C26H23NO5/c1-26(2,3)17-11-13-19(14-12-17)31-16-23(28)32-20-8-6-7-18(15-20)27-24(29)21-9-4-5-10-22(21)25(27)30/h4-15H,16H2,1-3H3. The van der Waals surface area contributed by atoms with Crippen LogP contribution >= 0.6 is 0 Å². The number of benzene rings is 3. The lowest BCUT2D eigenvalue weighted by Crippen LogP contribution is -2.29. The van der Waals surface area contributed by atoms with Crippen LogP contribution in [0, 0.1) is 0 Å². The van der Waals surface area contributed by atoms with Crippen LogP contribution in [0.3, 0.4) is 0 Å². The highest BCUT2D eigenvalue weighted by Crippen LogP contribution is 2.30. The van der Waals surface area contributed by atoms with Crippen molar-refractivity contribution < 1.29 is 23.9 Å². The van der Waals surface area contributed by atoms with Gasteiger partial charge < -0.3 is 9.47 Å². The van der Waals surface area contributed by atoms with Crippen molar-refractivity contribution in [3.05, 3.63) is 89.5 Å². The first kappa shape index (κ1) is 21.3. The minimum Gasteiger partial charge on any atom is -0.482 e. The van der Waals surface area contributed by atoms with Gasteiger partial charge in [0.05, 0.1) is 16.8 Å². The molecule has 0 fully saturated rings. The van der Waals surface area contributed by atoms with Crippen molar-refractivity contribution in [1.29, 1.82) is 0 Å². The molecule has 6 nitrogen and oxygen atoms in total. The maximum atomic E-state index is 12.7. The maximum absolute atomic E-state index is 12.7. The Morgan fingerprint density at radius 3 is 2.03 bits per heavy atom. The van der Waals surface area contributed by atoms with Crippen LogP contribution in [-0.2, 0) is 10.2 Å². The number of rotatable bonds is 5. The number of hydrogen-bond acceptors (Lipinski definition) is 5. The fourth-order valence-electron chi connectivity index (χ4n) is 3.46. The molecule has 3 aromatic carbocycles. The molecule has 0 aromatic heterocycles. The van der Waals surface area contributed by atoms with E-state index < -0.39 is 17.8 Å². The summed E-state index contributed by atoms with van der Waals surface area (Å²) in [6.07, 6.45) is 0. The third-order valence-corrected chi connectivity index (χ3v) is 5.18. The van der Waals surface area contributed by atoms with Crippen LogP contribution in [0.1, 0.15) is 47.1 Å². The number of carbonyl (C=O) groups is 3. The fourth-order valence-corrected chi connectivity index (χ4v) is 3.46. The van der Waals surface area contributed by atoms with Gasteiger partial charge in [0.25, 0.3) is 11.8 Å². The summed E-state index contributed by atoms with van der Waals surface area (Å²) in [7, 11) is 0. The number of ether oxygens (including phenoxy) is 2. The molecule has 0 bridgehead atoms. The van der Waals surface area contributed by atoms with Gasteiger partial charge in [0.1, 0.15) is 11.5 Å². The van der Waals surface area contributed by atoms with Crippen molar-refractivity contribution >= 4 is 23.5 Å². The smallest absolute Gasteiger partial charge is 0.349 e. The molecule has 0 saturated heterocycles. The lowest BCUT2D eigenvalue weighted by molar-refractivity contribution is -0.136. The number of nitrogens with zero attached hydrogens (tertiary/aromatic N) is 1. The topological polar surface area (TPSA) is 72.9 Å². The number of anilines is 1. The Hall–Kier alpha value is -3.93. The minimum atomic E-state index is -0.593. The van der Waals surface area contributed by atoms with E-state index in [1.807, 2.05) is 24.3 Å². The van der Waals surface area contributed by atoms with Crippen LogP contribution in [0.2, 0.25) is 0 Å². The quantitative estimate of drug-likeness (QED) is 0.332. The Morgan fingerprint density at radius 2 is 1.44 bits per heavy atom. The SMILES string of the molecule is CC(C)(C)c1ccc(OCC(=O)Oc2cccc(N3C(=O)c4ccccc4C3=O)c2)cc1. The first-order chi connectivity index (χ1) is 15.2. The van der Waals surface area contributed by atoms with Gasteiger partial charge in [-0.15, -0.1) is 0 Å². The molecule has 6 heteroatoms. The lowest BCUT2D eigenvalue weighted by Gasteiger charge is -2.19. The summed E-state index contributed by atoms with van der Waals surface area (Å²) >= 11 is 0. The Kier molecular flexibility index (Phi) is 5.53. The second-order valence-electron chi connectivity index (χ2n) is 8.53. The Bertz CT molecular complexity index is 1160. The summed E-state index contributed by atoms with van der Waals surface area (Å²) < 4.78 is 10.9. The molecule has 2 amide bonds. The molecule has 0 atom stereocenters. The van der Waals surface area contributed by atoms with Gasteiger partial charge in [-0.05, 0) is 47.4 Å². The molecule has 0 unspecified atom stereocenters. The average Bonchev–Trinajstić information content (AvgIpc) is 3.02. The van der Waals surface area contributed by atoms with Crippen LogP contribution in [-0.4, -0.2) is 24.4 Å². The maximum Gasteiger partial charge on any atom is 0.349 e. The molecule has 0 radical (unpaired) electrons. The highest BCUT2D eigenvalue weighted by Gasteiger charge is 2.36. The average molecular weight is 429 g/mol. The number of imide groups is 1. The van der Waals surface area contributed by atoms with E-state index in [1.54, 1.807) is 42.5 Å². The second kappa shape index (κ2) is 8.30. The van der Waals surface area contributed by atoms with E-state index >= 15 is 0 Å². The zero-order valence-electron chi connectivity index (χ0n) is 18.1. The van der Waals surface area contributed by atoms with E-state index in [0.717, 1.165) is 10.5 Å². The third-order valence-electron chi connectivity index (χ3n) is 5.18. The molecule has 1 aliphatic heterocycles. The number of hydrogen-bond donors (Lipinski definition) is 0. The molecule has 0 spiro atoms. The Morgan fingerprint density at radius 1 is 0.812 bits per heavy atom. The van der Waals surface area contributed by atoms with Gasteiger partial charge >= 0.3 is 5.97 Å². The molecule has 162 valence electrons. The molecule has 1 heterocycles. The monoisotopic (exact) mass is 429 g/mol. The Labute approximate surface area is 186 Å². The van der Waals surface area contributed by atoms with Gasteiger partial charge in [-0.3, -0.25) is 9.59 Å². The van der Waals surface area contributed by atoms with Gasteiger partial charge in [-0.1, -0.05) is 51.1 Å². The van der Waals surface area contributed by atoms with Crippen molar-refractivity contribution in [2.75, 3.05) is 11.5 Å². The van der Waals surface area contributed by atoms with Crippen LogP contribution in [0.25, 0.3) is 0 Å². The zero-order chi connectivity index (χ0) is 22.9. The van der Waals surface area contributed by atoms with Crippen molar-refractivity contribution in [2.45, 2.75) is 26.2 Å². The summed E-state index contributed by atoms with van der Waals surface area (Å²) in [5.41, 5.74) is 2.23. The zero-order valence-corrected chi connectivity index (χ0v) is 18.1. The first-order valence-electron chi connectivity index (χ1n) is 10.3. The predicted octanol–water partition coefficient (Wildman–Crippen LogP) is 4.77. The molecule has 0 aliphatic carbocycles. The van der Waals surface area contributed by atoms with E-state index in [9.17, 15) is 14.4 Å².